The maximum atomic E-state index is 8.37. The average Bonchev–Trinajstić information content (AvgIpc) is 2.14. The van der Waals surface area contributed by atoms with Gasteiger partial charge in [0.2, 0.25) is 0 Å². The number of rotatable bonds is 0. The van der Waals surface area contributed by atoms with Crippen LogP contribution >= 0.6 is 8.82 Å². The molecule has 0 aromatic heterocycles. The molecule has 1 aliphatic rings. The summed E-state index contributed by atoms with van der Waals surface area (Å²) >= 11 is 2.89. The van der Waals surface area contributed by atoms with Crippen LogP contribution in [-0.2, 0) is 0 Å². The molecule has 0 saturated heterocycles. The van der Waals surface area contributed by atoms with Gasteiger partial charge in [-0.2, -0.15) is 0 Å². The van der Waals surface area contributed by atoms with Gasteiger partial charge in [-0.05, 0) is 0 Å². The van der Waals surface area contributed by atoms with Crippen LogP contribution in [0.5, 0.6) is 0 Å². The van der Waals surface area contributed by atoms with Crippen molar-refractivity contribution in [1.82, 2.24) is 0 Å². The quantitative estimate of drug-likeness (QED) is 0.525. The average molecular weight is 188 g/mol. The molecule has 0 aliphatic carbocycles. The van der Waals surface area contributed by atoms with E-state index in [0.29, 0.717) is 0 Å². The molecule has 0 aromatic carbocycles. The van der Waals surface area contributed by atoms with E-state index in [1.807, 2.05) is 17.6 Å². The minimum absolute atomic E-state index is 0.0162. The fraction of sp³-hybridized carbons (Fsp3) is 0. The number of hydrogen-bond acceptors (Lipinski definition) is 1. The van der Waals surface area contributed by atoms with Crippen LogP contribution in [0, 0.1) is 11.3 Å². The van der Waals surface area contributed by atoms with Crippen molar-refractivity contribution in [3.05, 3.63) is 22.5 Å². The Hall–Kier alpha value is -0.161. The maximum absolute atomic E-state index is 8.37. The Morgan fingerprint density at radius 2 is 2.50 bits per heavy atom. The first kappa shape index (κ1) is 5.97. The normalized spacial score (nSPS) is 24.9. The molecule has 40 valence electrons. The van der Waals surface area contributed by atoms with Crippen LogP contribution in [0.3, 0.4) is 0 Å². The third-order valence-electron chi connectivity index (χ3n) is 0.777. The van der Waals surface area contributed by atoms with E-state index in [2.05, 4.69) is 20.5 Å². The van der Waals surface area contributed by atoms with Gasteiger partial charge < -0.3 is 0 Å². The topological polar surface area (TPSA) is 23.8 Å². The van der Waals surface area contributed by atoms with Crippen LogP contribution in [0.25, 0.3) is 0 Å². The van der Waals surface area contributed by atoms with Crippen LogP contribution in [0.2, 0.25) is 0 Å². The van der Waals surface area contributed by atoms with E-state index in [1.54, 1.807) is 0 Å². The van der Waals surface area contributed by atoms with E-state index in [-0.39, 0.29) is 8.82 Å². The number of nitriles is 1. The summed E-state index contributed by atoms with van der Waals surface area (Å²) in [5.41, 5.74) is 0. The van der Waals surface area contributed by atoms with Crippen molar-refractivity contribution in [2.24, 2.45) is 0 Å². The Kier molecular flexibility index (Phi) is 1.80. The molecule has 8 heavy (non-hydrogen) atoms. The molecular weight excluding hydrogens is 185 g/mol. The molecular formula is C5H3NSSe. The predicted molar refractivity (Wildman–Crippen MR) is 36.2 cm³/mol. The number of nitrogens with zero attached hydrogens (tertiary/aromatic N) is 1. The summed E-state index contributed by atoms with van der Waals surface area (Å²) in [6.07, 6.45) is 3.73. The number of hydrogen-bond donors (Lipinski definition) is 0. The third kappa shape index (κ3) is 0.976. The molecule has 1 heterocycles. The fourth-order valence-electron chi connectivity index (χ4n) is 0.421. The second kappa shape index (κ2) is 2.41. The molecule has 3 heteroatoms. The van der Waals surface area contributed by atoms with Crippen LogP contribution in [0.1, 0.15) is 0 Å². The third-order valence-corrected chi connectivity index (χ3v) is 3.67. The summed E-state index contributed by atoms with van der Waals surface area (Å²) in [7, 11) is -0.0162. The van der Waals surface area contributed by atoms with E-state index in [1.165, 1.54) is 0 Å². The van der Waals surface area contributed by atoms with Gasteiger partial charge in [0.25, 0.3) is 0 Å². The molecule has 0 radical (unpaired) electrons. The van der Waals surface area contributed by atoms with E-state index in [9.17, 15) is 0 Å². The van der Waals surface area contributed by atoms with Crippen molar-refractivity contribution >= 4 is 23.2 Å². The minimum atomic E-state index is -0.0162. The van der Waals surface area contributed by atoms with Gasteiger partial charge >= 0.3 is 57.0 Å². The van der Waals surface area contributed by atoms with Gasteiger partial charge in [-0.3, -0.25) is 0 Å². The molecule has 0 saturated carbocycles. The van der Waals surface area contributed by atoms with Gasteiger partial charge in [0.05, 0.1) is 0 Å². The molecule has 1 unspecified atom stereocenters. The molecule has 0 bridgehead atoms. The predicted octanol–water partition coefficient (Wildman–Crippen LogP) is 1.27. The van der Waals surface area contributed by atoms with Crippen LogP contribution in [-0.4, -0.2) is 14.4 Å². The first-order chi connectivity index (χ1) is 3.84. The van der Waals surface area contributed by atoms with Crippen LogP contribution < -0.4 is 0 Å². The fourth-order valence-corrected chi connectivity index (χ4v) is 2.08. The van der Waals surface area contributed by atoms with E-state index in [4.69, 9.17) is 5.26 Å². The van der Waals surface area contributed by atoms with Crippen LogP contribution in [0.15, 0.2) is 22.5 Å². The Labute approximate surface area is 57.3 Å². The number of allylic oxidation sites excluding steroid dienone is 3. The van der Waals surface area contributed by atoms with Gasteiger partial charge in [0.15, 0.2) is 0 Å². The van der Waals surface area contributed by atoms with Gasteiger partial charge in [-0.25, -0.2) is 0 Å². The molecule has 0 spiro atoms. The summed E-state index contributed by atoms with van der Waals surface area (Å²) in [4.78, 5) is 0.838. The Morgan fingerprint density at radius 3 is 2.75 bits per heavy atom. The van der Waals surface area contributed by atoms with Crippen molar-refractivity contribution < 1.29 is 0 Å². The Bertz CT molecular complexity index is 221. The Morgan fingerprint density at radius 1 is 1.75 bits per heavy atom. The van der Waals surface area contributed by atoms with Crippen molar-refractivity contribution in [3.8, 4) is 6.07 Å². The van der Waals surface area contributed by atoms with Crippen molar-refractivity contribution in [2.75, 3.05) is 0 Å². The molecule has 1 atom stereocenters. The van der Waals surface area contributed by atoms with E-state index in [0.717, 1.165) is 4.91 Å². The van der Waals surface area contributed by atoms with Gasteiger partial charge in [0, 0.05) is 0 Å². The van der Waals surface area contributed by atoms with Gasteiger partial charge in [0.1, 0.15) is 0 Å². The van der Waals surface area contributed by atoms with E-state index < -0.39 is 0 Å². The molecule has 0 N–H and O–H groups in total. The zero-order valence-electron chi connectivity index (χ0n) is 4.00. The summed E-state index contributed by atoms with van der Waals surface area (Å²) < 4.78 is 0. The first-order valence-corrected chi connectivity index (χ1v) is 5.35. The summed E-state index contributed by atoms with van der Waals surface area (Å²) in [5.74, 6) is 0. The molecule has 1 rings (SSSR count). The molecule has 0 amide bonds. The van der Waals surface area contributed by atoms with Gasteiger partial charge in [-0.15, -0.1) is 0 Å². The van der Waals surface area contributed by atoms with E-state index >= 15 is 0 Å². The monoisotopic (exact) mass is 189 g/mol. The standard InChI is InChI=1S/C5H3NSSe/c6-4-5-2-1-3-7(5)8/h1-3H. The second-order valence-corrected chi connectivity index (χ2v) is 4.84. The molecule has 1 aliphatic heterocycles. The Balaban J connectivity index is 2.93. The molecule has 0 aromatic rings. The SMILES string of the molecule is N#CC1=CC=CS1=[Se]. The second-order valence-electron chi connectivity index (χ2n) is 1.27. The van der Waals surface area contributed by atoms with Crippen molar-refractivity contribution in [3.63, 3.8) is 0 Å². The van der Waals surface area contributed by atoms with Crippen LogP contribution in [0.4, 0.5) is 0 Å². The molecule has 1 nitrogen and oxygen atoms in total. The zero-order chi connectivity index (χ0) is 5.98. The summed E-state index contributed by atoms with van der Waals surface area (Å²) in [6.45, 7) is 0. The molecule has 0 fully saturated rings. The van der Waals surface area contributed by atoms with Gasteiger partial charge in [-0.1, -0.05) is 0 Å². The summed E-state index contributed by atoms with van der Waals surface area (Å²) in [5, 5.41) is 10.3. The first-order valence-electron chi connectivity index (χ1n) is 2.04. The zero-order valence-corrected chi connectivity index (χ0v) is 6.53. The summed E-state index contributed by atoms with van der Waals surface area (Å²) in [6, 6.07) is 2.09. The van der Waals surface area contributed by atoms with Crippen molar-refractivity contribution in [1.29, 1.82) is 5.26 Å². The van der Waals surface area contributed by atoms with Crippen molar-refractivity contribution in [2.45, 2.75) is 0 Å².